The fraction of sp³-hybridized carbons (Fsp3) is 0.600. The van der Waals surface area contributed by atoms with Gasteiger partial charge in [-0.25, -0.2) is 9.13 Å². The number of phosphoric ester groups is 1. The van der Waals surface area contributed by atoms with Crippen LogP contribution in [-0.4, -0.2) is 19.8 Å². The molecule has 1 rings (SSSR count). The van der Waals surface area contributed by atoms with Crippen LogP contribution in [0.15, 0.2) is 5.76 Å². The van der Waals surface area contributed by atoms with Crippen LogP contribution in [0.25, 0.3) is 5.57 Å². The zero-order valence-corrected chi connectivity index (χ0v) is 21.1. The minimum Gasteiger partial charge on any atom is -0.507 e. The van der Waals surface area contributed by atoms with Crippen molar-refractivity contribution in [1.29, 1.82) is 0 Å². The molecule has 0 aliphatic rings. The van der Waals surface area contributed by atoms with Gasteiger partial charge >= 0.3 is 15.6 Å². The van der Waals surface area contributed by atoms with Gasteiger partial charge in [0.05, 0.1) is 0 Å². The van der Waals surface area contributed by atoms with Gasteiger partial charge < -0.3 is 19.4 Å². The molecule has 30 heavy (non-hydrogen) atoms. The van der Waals surface area contributed by atoms with E-state index in [1.165, 1.54) is 6.92 Å². The van der Waals surface area contributed by atoms with E-state index in [4.69, 9.17) is 14.3 Å². The van der Waals surface area contributed by atoms with Gasteiger partial charge in [0.2, 0.25) is 0 Å². The second-order valence-corrected chi connectivity index (χ2v) is 12.3. The van der Waals surface area contributed by atoms with Gasteiger partial charge in [-0.3, -0.25) is 4.89 Å². The van der Waals surface area contributed by atoms with Gasteiger partial charge in [-0.05, 0) is 60.8 Å². The molecule has 0 spiro atoms. The minimum absolute atomic E-state index is 0.0413. The highest BCUT2D eigenvalue weighted by Crippen LogP contribution is 2.59. The molecule has 1 aromatic carbocycles. The Morgan fingerprint density at radius 1 is 0.833 bits per heavy atom. The highest BCUT2D eigenvalue weighted by molar-refractivity contribution is 7.60. The van der Waals surface area contributed by atoms with E-state index in [1.807, 2.05) is 34.6 Å². The van der Waals surface area contributed by atoms with E-state index in [1.54, 1.807) is 6.92 Å². The Bertz CT molecular complexity index is 959. The largest absolute Gasteiger partial charge is 0.536 e. The molecule has 0 aliphatic carbocycles. The van der Waals surface area contributed by atoms with Gasteiger partial charge in [0.25, 0.3) is 0 Å². The van der Waals surface area contributed by atoms with Crippen molar-refractivity contribution in [3.63, 3.8) is 0 Å². The fourth-order valence-electron chi connectivity index (χ4n) is 3.68. The van der Waals surface area contributed by atoms with Crippen LogP contribution in [0.3, 0.4) is 0 Å². The molecule has 1 aromatic rings. The summed E-state index contributed by atoms with van der Waals surface area (Å²) in [5.74, 6) is -0.0601. The number of hydrogen-bond donors (Lipinski definition) is 4. The lowest BCUT2D eigenvalue weighted by Gasteiger charge is -2.35. The Labute approximate surface area is 178 Å². The highest BCUT2D eigenvalue weighted by Gasteiger charge is 2.36. The lowest BCUT2D eigenvalue weighted by molar-refractivity contribution is 0.208. The van der Waals surface area contributed by atoms with E-state index in [0.717, 1.165) is 22.3 Å². The van der Waals surface area contributed by atoms with E-state index in [2.05, 4.69) is 25.1 Å². The number of aromatic hydroxyl groups is 1. The molecular formula is C20H34O8P2. The van der Waals surface area contributed by atoms with E-state index < -0.39 is 21.1 Å². The molecule has 1 unspecified atom stereocenters. The zero-order valence-electron chi connectivity index (χ0n) is 19.3. The van der Waals surface area contributed by atoms with Gasteiger partial charge in [-0.15, -0.1) is 0 Å². The summed E-state index contributed by atoms with van der Waals surface area (Å²) in [4.78, 5) is 27.3. The van der Waals surface area contributed by atoms with Crippen LogP contribution in [0.2, 0.25) is 0 Å². The second-order valence-electron chi connectivity index (χ2n) is 9.54. The van der Waals surface area contributed by atoms with Crippen LogP contribution in [0, 0.1) is 13.8 Å². The number of hydrogen-bond acceptors (Lipinski definition) is 5. The maximum Gasteiger partial charge on any atom is 0.536 e. The first-order valence-electron chi connectivity index (χ1n) is 9.44. The third-order valence-electron chi connectivity index (χ3n) is 4.90. The predicted molar refractivity (Wildman–Crippen MR) is 117 cm³/mol. The third kappa shape index (κ3) is 6.19. The zero-order chi connectivity index (χ0) is 24.0. The van der Waals surface area contributed by atoms with Crippen molar-refractivity contribution in [2.24, 2.45) is 0 Å². The normalized spacial score (nSPS) is 16.2. The molecule has 0 aliphatic heterocycles. The number of phosphoric acid groups is 2. The van der Waals surface area contributed by atoms with Crippen molar-refractivity contribution < 1.29 is 37.8 Å². The molecule has 10 heteroatoms. The van der Waals surface area contributed by atoms with Crippen molar-refractivity contribution in [3.05, 3.63) is 33.6 Å². The Balaban J connectivity index is 3.82. The topological polar surface area (TPSA) is 134 Å². The molecule has 0 radical (unpaired) electrons. The molecule has 0 bridgehead atoms. The molecule has 0 aromatic heterocycles. The number of allylic oxidation sites excluding steroid dienone is 2. The van der Waals surface area contributed by atoms with Crippen molar-refractivity contribution >= 4 is 21.2 Å². The van der Waals surface area contributed by atoms with Crippen LogP contribution in [0.5, 0.6) is 5.75 Å². The monoisotopic (exact) mass is 464 g/mol. The number of phenols is 1. The molecule has 0 amide bonds. The lowest BCUT2D eigenvalue weighted by atomic mass is 9.70. The number of benzene rings is 1. The average molecular weight is 464 g/mol. The van der Waals surface area contributed by atoms with Gasteiger partial charge in [-0.2, -0.15) is 4.31 Å². The Morgan fingerprint density at radius 2 is 1.27 bits per heavy atom. The summed E-state index contributed by atoms with van der Waals surface area (Å²) in [6.07, 6.45) is 0. The quantitative estimate of drug-likeness (QED) is 0.328. The lowest BCUT2D eigenvalue weighted by Crippen LogP contribution is -2.25. The molecule has 0 saturated heterocycles. The van der Waals surface area contributed by atoms with Gasteiger partial charge in [0.15, 0.2) is 0 Å². The number of phenolic OH excluding ortho intramolecular Hbond substituents is 1. The van der Waals surface area contributed by atoms with E-state index >= 15 is 0 Å². The minimum atomic E-state index is -5.24. The van der Waals surface area contributed by atoms with Crippen LogP contribution in [-0.2, 0) is 28.8 Å². The van der Waals surface area contributed by atoms with Crippen molar-refractivity contribution in [2.45, 2.75) is 80.1 Å². The number of rotatable bonds is 5. The van der Waals surface area contributed by atoms with Crippen LogP contribution < -0.4 is 0 Å². The Hall–Kier alpha value is -1.14. The third-order valence-corrected chi connectivity index (χ3v) is 7.08. The van der Waals surface area contributed by atoms with Crippen LogP contribution in [0.4, 0.5) is 0 Å². The molecule has 8 nitrogen and oxygen atoms in total. The highest BCUT2D eigenvalue weighted by atomic mass is 31.3. The molecule has 172 valence electrons. The summed E-state index contributed by atoms with van der Waals surface area (Å²) in [5, 5.41) is 11.3. The Morgan fingerprint density at radius 3 is 1.63 bits per heavy atom. The SMILES string of the molecule is CC(OP(=O)(O)OP(=O)(O)O)=C(C)c1c(C)c(C)c(C(C)(C)C)c(C(C)(C)C)c1O. The molecular weight excluding hydrogens is 430 g/mol. The summed E-state index contributed by atoms with van der Waals surface area (Å²) >= 11 is 0. The van der Waals surface area contributed by atoms with Crippen molar-refractivity contribution in [3.8, 4) is 5.75 Å². The van der Waals surface area contributed by atoms with Crippen LogP contribution in [0.1, 0.15) is 83.2 Å². The van der Waals surface area contributed by atoms with Crippen LogP contribution >= 0.6 is 15.6 Å². The first-order chi connectivity index (χ1) is 13.1. The molecule has 1 atom stereocenters. The van der Waals surface area contributed by atoms with E-state index in [9.17, 15) is 19.1 Å². The molecule has 4 N–H and O–H groups in total. The Kier molecular flexibility index (Phi) is 7.55. The average Bonchev–Trinajstić information content (AvgIpc) is 2.44. The molecule has 0 saturated carbocycles. The second kappa shape index (κ2) is 8.42. The summed E-state index contributed by atoms with van der Waals surface area (Å²) < 4.78 is 31.6. The summed E-state index contributed by atoms with van der Waals surface area (Å²) in [7, 11) is -10.3. The van der Waals surface area contributed by atoms with Gasteiger partial charge in [-0.1, -0.05) is 41.5 Å². The molecule has 0 heterocycles. The fourth-order valence-corrected chi connectivity index (χ4v) is 5.37. The summed E-state index contributed by atoms with van der Waals surface area (Å²) in [6.45, 7) is 19.0. The maximum atomic E-state index is 11.9. The van der Waals surface area contributed by atoms with E-state index in [0.29, 0.717) is 11.1 Å². The van der Waals surface area contributed by atoms with E-state index in [-0.39, 0.29) is 16.9 Å². The van der Waals surface area contributed by atoms with Crippen molar-refractivity contribution in [2.75, 3.05) is 0 Å². The summed E-state index contributed by atoms with van der Waals surface area (Å²) in [6, 6.07) is 0. The standard InChI is InChI=1S/C20H34O8P2/c1-11-12(2)16(19(5,6)7)17(20(8,9)10)18(21)15(11)13(3)14(4)27-30(25,26)28-29(22,23)24/h21H,1-10H3,(H,25,26)(H2,22,23,24). The first-order valence-corrected chi connectivity index (χ1v) is 12.5. The first kappa shape index (κ1) is 26.9. The van der Waals surface area contributed by atoms with Gasteiger partial charge in [0, 0.05) is 11.1 Å². The predicted octanol–water partition coefficient (Wildman–Crippen LogP) is 5.58. The van der Waals surface area contributed by atoms with Crippen molar-refractivity contribution in [1.82, 2.24) is 0 Å². The molecule has 0 fully saturated rings. The maximum absolute atomic E-state index is 11.9. The summed E-state index contributed by atoms with van der Waals surface area (Å²) in [5.41, 5.74) is 3.69. The smallest absolute Gasteiger partial charge is 0.507 e. The van der Waals surface area contributed by atoms with Gasteiger partial charge in [0.1, 0.15) is 11.5 Å².